The van der Waals surface area contributed by atoms with Crippen molar-refractivity contribution in [3.8, 4) is 0 Å². The van der Waals surface area contributed by atoms with Crippen LogP contribution in [0.1, 0.15) is 11.3 Å². The molecule has 1 N–H and O–H groups in total. The minimum atomic E-state index is -3.98. The minimum Gasteiger partial charge on any atom is -0.468 e. The Morgan fingerprint density at radius 3 is 2.61 bits per heavy atom. The number of nitrogens with one attached hydrogen (secondary N) is 1. The molecule has 0 aliphatic heterocycles. The van der Waals surface area contributed by atoms with E-state index in [9.17, 15) is 13.2 Å². The number of benzene rings is 1. The van der Waals surface area contributed by atoms with Crippen molar-refractivity contribution in [2.75, 3.05) is 18.8 Å². The van der Waals surface area contributed by atoms with Crippen molar-refractivity contribution in [3.63, 3.8) is 0 Å². The highest BCUT2D eigenvalue weighted by atomic mass is 35.5. The standard InChI is InChI=1S/C21H22ClN3O4S2/c1-16-4-6-18(7-5-16)30-12-10-23-21(26)15-25(14-17-3-2-11-29-17)31(27,28)19-8-9-20(22)24-13-19/h2-9,11,13H,10,12,14-15H2,1H3,(H,23,26). The lowest BCUT2D eigenvalue weighted by Gasteiger charge is -2.20. The quantitative estimate of drug-likeness (QED) is 0.270. The van der Waals surface area contributed by atoms with E-state index in [2.05, 4.69) is 10.3 Å². The van der Waals surface area contributed by atoms with Gasteiger partial charge < -0.3 is 9.73 Å². The van der Waals surface area contributed by atoms with Gasteiger partial charge in [0.05, 0.1) is 19.4 Å². The van der Waals surface area contributed by atoms with Crippen LogP contribution in [0.15, 0.2) is 75.2 Å². The zero-order valence-corrected chi connectivity index (χ0v) is 19.2. The van der Waals surface area contributed by atoms with E-state index in [1.54, 1.807) is 23.9 Å². The fraction of sp³-hybridized carbons (Fsp3) is 0.238. The summed E-state index contributed by atoms with van der Waals surface area (Å²) in [5.41, 5.74) is 1.19. The SMILES string of the molecule is Cc1ccc(SCCNC(=O)CN(Cc2ccco2)S(=O)(=O)c2ccc(Cl)nc2)cc1. The van der Waals surface area contributed by atoms with E-state index in [1.165, 1.54) is 30.2 Å². The maximum Gasteiger partial charge on any atom is 0.245 e. The first kappa shape index (κ1) is 23.3. The normalized spacial score (nSPS) is 11.6. The molecule has 0 radical (unpaired) electrons. The number of hydrogen-bond donors (Lipinski definition) is 1. The van der Waals surface area contributed by atoms with Crippen LogP contribution < -0.4 is 5.32 Å². The van der Waals surface area contributed by atoms with Gasteiger partial charge >= 0.3 is 0 Å². The van der Waals surface area contributed by atoms with Gasteiger partial charge in [0, 0.05) is 23.4 Å². The lowest BCUT2D eigenvalue weighted by atomic mass is 10.2. The number of aromatic nitrogens is 1. The van der Waals surface area contributed by atoms with Crippen LogP contribution in [-0.4, -0.2) is 42.5 Å². The van der Waals surface area contributed by atoms with E-state index in [1.807, 2.05) is 31.2 Å². The molecule has 0 atom stereocenters. The Bertz CT molecular complexity index is 1090. The summed E-state index contributed by atoms with van der Waals surface area (Å²) in [7, 11) is -3.98. The molecule has 0 fully saturated rings. The molecule has 164 valence electrons. The molecule has 0 spiro atoms. The number of furan rings is 1. The molecule has 0 aliphatic carbocycles. The van der Waals surface area contributed by atoms with Gasteiger partial charge in [-0.15, -0.1) is 11.8 Å². The van der Waals surface area contributed by atoms with Crippen LogP contribution >= 0.6 is 23.4 Å². The number of thioether (sulfide) groups is 1. The largest absolute Gasteiger partial charge is 0.468 e. The molecule has 1 aromatic carbocycles. The molecule has 31 heavy (non-hydrogen) atoms. The number of pyridine rings is 1. The Morgan fingerprint density at radius 2 is 1.97 bits per heavy atom. The first-order chi connectivity index (χ1) is 14.8. The fourth-order valence-corrected chi connectivity index (χ4v) is 4.86. The highest BCUT2D eigenvalue weighted by Gasteiger charge is 2.28. The number of carbonyl (C=O) groups is 1. The van der Waals surface area contributed by atoms with Crippen LogP contribution in [0, 0.1) is 6.92 Å². The van der Waals surface area contributed by atoms with Crippen LogP contribution in [0.4, 0.5) is 0 Å². The Morgan fingerprint density at radius 1 is 1.19 bits per heavy atom. The van der Waals surface area contributed by atoms with Crippen molar-refractivity contribution >= 4 is 39.3 Å². The summed E-state index contributed by atoms with van der Waals surface area (Å²) in [6.07, 6.45) is 2.62. The molecule has 0 unspecified atom stereocenters. The van der Waals surface area contributed by atoms with E-state index in [-0.39, 0.29) is 23.1 Å². The summed E-state index contributed by atoms with van der Waals surface area (Å²) >= 11 is 7.38. The number of amides is 1. The van der Waals surface area contributed by atoms with E-state index < -0.39 is 15.9 Å². The van der Waals surface area contributed by atoms with Crippen molar-refractivity contribution in [1.29, 1.82) is 0 Å². The molecule has 0 bridgehead atoms. The predicted molar refractivity (Wildman–Crippen MR) is 120 cm³/mol. The van der Waals surface area contributed by atoms with E-state index >= 15 is 0 Å². The fourth-order valence-electron chi connectivity index (χ4n) is 2.68. The summed E-state index contributed by atoms with van der Waals surface area (Å²) in [5.74, 6) is 0.690. The van der Waals surface area contributed by atoms with Gasteiger partial charge in [-0.25, -0.2) is 13.4 Å². The highest BCUT2D eigenvalue weighted by molar-refractivity contribution is 7.99. The number of hydrogen-bond acceptors (Lipinski definition) is 6. The average molecular weight is 480 g/mol. The third kappa shape index (κ3) is 6.83. The summed E-state index contributed by atoms with van der Waals surface area (Å²) in [6, 6.07) is 14.2. The number of halogens is 1. The lowest BCUT2D eigenvalue weighted by molar-refractivity contribution is -0.121. The third-order valence-electron chi connectivity index (χ3n) is 4.28. The summed E-state index contributed by atoms with van der Waals surface area (Å²) in [6.45, 7) is 2.01. The average Bonchev–Trinajstić information content (AvgIpc) is 3.25. The van der Waals surface area contributed by atoms with Crippen molar-refractivity contribution in [1.82, 2.24) is 14.6 Å². The van der Waals surface area contributed by atoms with Crippen LogP contribution in [0.25, 0.3) is 0 Å². The highest BCUT2D eigenvalue weighted by Crippen LogP contribution is 2.20. The first-order valence-electron chi connectivity index (χ1n) is 9.45. The van der Waals surface area contributed by atoms with Gasteiger partial charge in [-0.3, -0.25) is 4.79 Å². The molecule has 0 saturated heterocycles. The Hall–Kier alpha value is -2.33. The summed E-state index contributed by atoms with van der Waals surface area (Å²) in [4.78, 5) is 17.4. The Labute approximate surface area is 190 Å². The number of sulfonamides is 1. The topological polar surface area (TPSA) is 92.5 Å². The smallest absolute Gasteiger partial charge is 0.245 e. The van der Waals surface area contributed by atoms with Crippen LogP contribution in [-0.2, 0) is 21.4 Å². The van der Waals surface area contributed by atoms with Crippen molar-refractivity contribution in [2.24, 2.45) is 0 Å². The summed E-state index contributed by atoms with van der Waals surface area (Å²) in [5, 5.41) is 2.95. The molecular formula is C21H22ClN3O4S2. The molecule has 7 nitrogen and oxygen atoms in total. The number of nitrogens with zero attached hydrogens (tertiary/aromatic N) is 2. The second kappa shape index (κ2) is 10.8. The van der Waals surface area contributed by atoms with Gasteiger partial charge in [0.15, 0.2) is 0 Å². The van der Waals surface area contributed by atoms with Crippen LogP contribution in [0.2, 0.25) is 5.15 Å². The minimum absolute atomic E-state index is 0.0498. The second-order valence-electron chi connectivity index (χ2n) is 6.68. The van der Waals surface area contributed by atoms with Crippen LogP contribution in [0.3, 0.4) is 0 Å². The van der Waals surface area contributed by atoms with Gasteiger partial charge in [0.25, 0.3) is 0 Å². The van der Waals surface area contributed by atoms with Gasteiger partial charge in [-0.2, -0.15) is 4.31 Å². The van der Waals surface area contributed by atoms with Crippen molar-refractivity contribution in [2.45, 2.75) is 23.3 Å². The molecule has 2 heterocycles. The Balaban J connectivity index is 1.61. The van der Waals surface area contributed by atoms with Crippen LogP contribution in [0.5, 0.6) is 0 Å². The molecule has 0 saturated carbocycles. The van der Waals surface area contributed by atoms with Gasteiger partial charge in [0.1, 0.15) is 15.8 Å². The monoisotopic (exact) mass is 479 g/mol. The number of aryl methyl sites for hydroxylation is 1. The first-order valence-corrected chi connectivity index (χ1v) is 12.3. The van der Waals surface area contributed by atoms with Gasteiger partial charge in [0.2, 0.25) is 15.9 Å². The molecule has 10 heteroatoms. The van der Waals surface area contributed by atoms with Crippen molar-refractivity contribution < 1.29 is 17.6 Å². The van der Waals surface area contributed by atoms with Gasteiger partial charge in [-0.1, -0.05) is 29.3 Å². The van der Waals surface area contributed by atoms with E-state index in [0.717, 1.165) is 9.20 Å². The number of carbonyl (C=O) groups excluding carboxylic acids is 1. The van der Waals surface area contributed by atoms with E-state index in [4.69, 9.17) is 16.0 Å². The van der Waals surface area contributed by atoms with Gasteiger partial charge in [-0.05, 0) is 43.3 Å². The van der Waals surface area contributed by atoms with Crippen molar-refractivity contribution in [3.05, 3.63) is 77.5 Å². The molecule has 3 rings (SSSR count). The number of rotatable bonds is 10. The zero-order chi connectivity index (χ0) is 22.3. The lowest BCUT2D eigenvalue weighted by Crippen LogP contribution is -2.40. The van der Waals surface area contributed by atoms with E-state index in [0.29, 0.717) is 18.1 Å². The maximum absolute atomic E-state index is 13.1. The predicted octanol–water partition coefficient (Wildman–Crippen LogP) is 3.74. The summed E-state index contributed by atoms with van der Waals surface area (Å²) < 4.78 is 32.5. The Kier molecular flexibility index (Phi) is 8.14. The second-order valence-corrected chi connectivity index (χ2v) is 10.2. The molecule has 1 amide bonds. The third-order valence-corrected chi connectivity index (χ3v) is 7.30. The molecule has 0 aliphatic rings. The molecule has 3 aromatic rings. The zero-order valence-electron chi connectivity index (χ0n) is 16.8. The molecular weight excluding hydrogens is 458 g/mol. The molecule has 2 aromatic heterocycles. The maximum atomic E-state index is 13.1.